The first kappa shape index (κ1) is 13.9. The number of rotatable bonds is 4. The van der Waals surface area contributed by atoms with Crippen molar-refractivity contribution >= 4 is 5.97 Å². The molecule has 0 saturated carbocycles. The molecule has 1 rings (SSSR count). The lowest BCUT2D eigenvalue weighted by Gasteiger charge is -2.11. The van der Waals surface area contributed by atoms with E-state index in [0.29, 0.717) is 0 Å². The highest BCUT2D eigenvalue weighted by Crippen LogP contribution is 2.26. The lowest BCUT2D eigenvalue weighted by molar-refractivity contribution is -0.0510. The fourth-order valence-electron chi connectivity index (χ4n) is 1.33. The lowest BCUT2D eigenvalue weighted by Crippen LogP contribution is -2.09. The number of benzene rings is 1. The Balaban J connectivity index is 3.35. The maximum absolute atomic E-state index is 12.1. The Bertz CT molecular complexity index is 497. The molecule has 0 bridgehead atoms. The van der Waals surface area contributed by atoms with Gasteiger partial charge in [0.05, 0.1) is 24.8 Å². The Morgan fingerprint density at radius 2 is 2.22 bits per heavy atom. The average molecular weight is 257 g/mol. The standard InChI is InChI=1S/C11H9F2NO4/c1-17-10(16)8-3-9(18-11(12)13)7(5-15)2-6(8)4-14/h2-3,11,15H,5H2,1H3. The Morgan fingerprint density at radius 1 is 1.56 bits per heavy atom. The van der Waals surface area contributed by atoms with Gasteiger partial charge in [0.25, 0.3) is 0 Å². The number of nitrogens with zero attached hydrogens (tertiary/aromatic N) is 1. The fourth-order valence-corrected chi connectivity index (χ4v) is 1.33. The largest absolute Gasteiger partial charge is 0.465 e. The van der Waals surface area contributed by atoms with Gasteiger partial charge in [0.2, 0.25) is 0 Å². The molecule has 0 unspecified atom stereocenters. The molecule has 0 amide bonds. The van der Waals surface area contributed by atoms with Crippen LogP contribution < -0.4 is 4.74 Å². The van der Waals surface area contributed by atoms with Gasteiger partial charge in [-0.2, -0.15) is 14.0 Å². The van der Waals surface area contributed by atoms with Crippen LogP contribution in [0.2, 0.25) is 0 Å². The molecule has 0 aromatic heterocycles. The number of hydrogen-bond acceptors (Lipinski definition) is 5. The summed E-state index contributed by atoms with van der Waals surface area (Å²) in [7, 11) is 1.09. The van der Waals surface area contributed by atoms with E-state index >= 15 is 0 Å². The predicted molar refractivity (Wildman–Crippen MR) is 55.1 cm³/mol. The van der Waals surface area contributed by atoms with Crippen LogP contribution in [0.25, 0.3) is 0 Å². The summed E-state index contributed by atoms with van der Waals surface area (Å²) in [4.78, 5) is 11.4. The summed E-state index contributed by atoms with van der Waals surface area (Å²) in [5, 5.41) is 17.8. The van der Waals surface area contributed by atoms with Crippen molar-refractivity contribution in [3.63, 3.8) is 0 Å². The van der Waals surface area contributed by atoms with Crippen molar-refractivity contribution in [3.8, 4) is 11.8 Å². The molecule has 1 N–H and O–H groups in total. The quantitative estimate of drug-likeness (QED) is 0.825. The van der Waals surface area contributed by atoms with Crippen molar-refractivity contribution in [2.24, 2.45) is 0 Å². The van der Waals surface area contributed by atoms with Crippen molar-refractivity contribution in [2.45, 2.75) is 13.2 Å². The maximum atomic E-state index is 12.1. The number of aliphatic hydroxyl groups excluding tert-OH is 1. The second-order valence-corrected chi connectivity index (χ2v) is 3.15. The molecule has 0 radical (unpaired) electrons. The molecule has 0 saturated heterocycles. The van der Waals surface area contributed by atoms with Crippen molar-refractivity contribution in [1.82, 2.24) is 0 Å². The first-order valence-electron chi connectivity index (χ1n) is 4.74. The molecule has 0 fully saturated rings. The molecule has 96 valence electrons. The van der Waals surface area contributed by atoms with Crippen molar-refractivity contribution in [3.05, 3.63) is 28.8 Å². The highest BCUT2D eigenvalue weighted by molar-refractivity contribution is 5.92. The van der Waals surface area contributed by atoms with Gasteiger partial charge in [-0.15, -0.1) is 0 Å². The molecule has 18 heavy (non-hydrogen) atoms. The summed E-state index contributed by atoms with van der Waals surface area (Å²) in [5.41, 5.74) is -0.306. The number of nitriles is 1. The van der Waals surface area contributed by atoms with Crippen LogP contribution in [0, 0.1) is 11.3 Å². The van der Waals surface area contributed by atoms with Gasteiger partial charge >= 0.3 is 12.6 Å². The molecule has 1 aromatic rings. The summed E-state index contributed by atoms with van der Waals surface area (Å²) in [5.74, 6) is -1.22. The summed E-state index contributed by atoms with van der Waals surface area (Å²) in [6.45, 7) is -3.70. The summed E-state index contributed by atoms with van der Waals surface area (Å²) in [6, 6.07) is 3.76. The summed E-state index contributed by atoms with van der Waals surface area (Å²) < 4.78 is 32.9. The van der Waals surface area contributed by atoms with Gasteiger partial charge in [-0.25, -0.2) is 4.79 Å². The number of halogens is 2. The van der Waals surface area contributed by atoms with E-state index in [1.807, 2.05) is 0 Å². The molecule has 0 aliphatic rings. The van der Waals surface area contributed by atoms with Gasteiger partial charge in [0.15, 0.2) is 0 Å². The molecule has 7 heteroatoms. The zero-order chi connectivity index (χ0) is 13.7. The van der Waals surface area contributed by atoms with Crippen LogP contribution in [0.3, 0.4) is 0 Å². The number of ether oxygens (including phenoxy) is 2. The van der Waals surface area contributed by atoms with Crippen LogP contribution in [0.5, 0.6) is 5.75 Å². The maximum Gasteiger partial charge on any atom is 0.387 e. The second-order valence-electron chi connectivity index (χ2n) is 3.15. The van der Waals surface area contributed by atoms with Crippen molar-refractivity contribution in [2.75, 3.05) is 7.11 Å². The third kappa shape index (κ3) is 2.93. The van der Waals surface area contributed by atoms with E-state index in [4.69, 9.17) is 10.4 Å². The summed E-state index contributed by atoms with van der Waals surface area (Å²) in [6.07, 6.45) is 0. The molecular formula is C11H9F2NO4. The van der Waals surface area contributed by atoms with E-state index < -0.39 is 19.2 Å². The Kier molecular flexibility index (Phi) is 4.57. The SMILES string of the molecule is COC(=O)c1cc(OC(F)F)c(CO)cc1C#N. The van der Waals surface area contributed by atoms with E-state index in [1.54, 1.807) is 6.07 Å². The van der Waals surface area contributed by atoms with E-state index in [-0.39, 0.29) is 22.4 Å². The fraction of sp³-hybridized carbons (Fsp3) is 0.273. The van der Waals surface area contributed by atoms with Crippen molar-refractivity contribution in [1.29, 1.82) is 5.26 Å². The predicted octanol–water partition coefficient (Wildman–Crippen LogP) is 1.44. The lowest BCUT2D eigenvalue weighted by atomic mass is 10.0. The van der Waals surface area contributed by atoms with Crippen LogP contribution in [-0.2, 0) is 11.3 Å². The number of hydrogen-bond donors (Lipinski definition) is 1. The second kappa shape index (κ2) is 5.93. The highest BCUT2D eigenvalue weighted by Gasteiger charge is 2.18. The van der Waals surface area contributed by atoms with E-state index in [2.05, 4.69) is 9.47 Å². The zero-order valence-electron chi connectivity index (χ0n) is 9.31. The number of aliphatic hydroxyl groups is 1. The normalized spacial score (nSPS) is 10.0. The van der Waals surface area contributed by atoms with Crippen LogP contribution in [0.4, 0.5) is 8.78 Å². The molecule has 0 spiro atoms. The van der Waals surface area contributed by atoms with Crippen LogP contribution in [-0.4, -0.2) is 24.8 Å². The van der Waals surface area contributed by atoms with Crippen LogP contribution in [0.15, 0.2) is 12.1 Å². The van der Waals surface area contributed by atoms with Crippen molar-refractivity contribution < 1.29 is 28.2 Å². The smallest absolute Gasteiger partial charge is 0.387 e. The Labute approximate surface area is 101 Å². The monoisotopic (exact) mass is 257 g/mol. The van der Waals surface area contributed by atoms with Crippen LogP contribution in [0.1, 0.15) is 21.5 Å². The molecule has 0 aliphatic carbocycles. The number of methoxy groups -OCH3 is 1. The number of alkyl halides is 2. The summed E-state index contributed by atoms with van der Waals surface area (Å²) >= 11 is 0. The van der Waals surface area contributed by atoms with Gasteiger partial charge in [-0.1, -0.05) is 0 Å². The molecule has 0 heterocycles. The molecule has 1 aromatic carbocycles. The Hall–Kier alpha value is -2.20. The molecule has 0 atom stereocenters. The third-order valence-corrected chi connectivity index (χ3v) is 2.11. The third-order valence-electron chi connectivity index (χ3n) is 2.11. The van der Waals surface area contributed by atoms with E-state index in [1.165, 1.54) is 0 Å². The van der Waals surface area contributed by atoms with Gasteiger partial charge < -0.3 is 14.6 Å². The van der Waals surface area contributed by atoms with Gasteiger partial charge in [-0.05, 0) is 12.1 Å². The van der Waals surface area contributed by atoms with Gasteiger partial charge in [0.1, 0.15) is 11.8 Å². The average Bonchev–Trinajstić information content (AvgIpc) is 2.36. The minimum Gasteiger partial charge on any atom is -0.465 e. The van der Waals surface area contributed by atoms with Crippen LogP contribution >= 0.6 is 0 Å². The first-order valence-corrected chi connectivity index (χ1v) is 4.74. The minimum atomic E-state index is -3.10. The van der Waals surface area contributed by atoms with Gasteiger partial charge in [0, 0.05) is 5.56 Å². The molecular weight excluding hydrogens is 248 g/mol. The zero-order valence-corrected chi connectivity index (χ0v) is 9.31. The Morgan fingerprint density at radius 3 is 2.67 bits per heavy atom. The topological polar surface area (TPSA) is 79.6 Å². The molecule has 0 aliphatic heterocycles. The van der Waals surface area contributed by atoms with E-state index in [9.17, 15) is 13.6 Å². The molecule has 5 nitrogen and oxygen atoms in total. The first-order chi connectivity index (χ1) is 8.53. The van der Waals surface area contributed by atoms with Gasteiger partial charge in [-0.3, -0.25) is 0 Å². The number of carbonyl (C=O) groups excluding carboxylic acids is 1. The van der Waals surface area contributed by atoms with E-state index in [0.717, 1.165) is 19.2 Å². The number of carbonyl (C=O) groups is 1. The minimum absolute atomic E-state index is 0.0143. The highest BCUT2D eigenvalue weighted by atomic mass is 19.3. The number of esters is 1.